The van der Waals surface area contributed by atoms with Crippen molar-refractivity contribution >= 4 is 17.2 Å². The highest BCUT2D eigenvalue weighted by Crippen LogP contribution is 2.30. The standard InChI is InChI=1S/C11H17N3OS/c1-15-9-4-2-3-8(7-9)14-6-5-13-11(14)10(12)16/h5-6,8-9H,2-4,7H2,1H3,(H2,12,16). The van der Waals surface area contributed by atoms with Gasteiger partial charge in [-0.25, -0.2) is 4.98 Å². The molecule has 0 saturated heterocycles. The van der Waals surface area contributed by atoms with Gasteiger partial charge < -0.3 is 15.0 Å². The molecule has 1 aromatic rings. The van der Waals surface area contributed by atoms with E-state index >= 15 is 0 Å². The van der Waals surface area contributed by atoms with Crippen LogP contribution in [-0.2, 0) is 4.74 Å². The second-order valence-corrected chi connectivity index (χ2v) is 4.64. The van der Waals surface area contributed by atoms with E-state index in [2.05, 4.69) is 9.55 Å². The summed E-state index contributed by atoms with van der Waals surface area (Å²) >= 11 is 4.99. The van der Waals surface area contributed by atoms with Crippen molar-refractivity contribution in [3.05, 3.63) is 18.2 Å². The van der Waals surface area contributed by atoms with E-state index < -0.39 is 0 Å². The quantitative estimate of drug-likeness (QED) is 0.815. The lowest BCUT2D eigenvalue weighted by molar-refractivity contribution is 0.0529. The fraction of sp³-hybridized carbons (Fsp3) is 0.636. The molecular weight excluding hydrogens is 222 g/mol. The van der Waals surface area contributed by atoms with Gasteiger partial charge in [-0.3, -0.25) is 0 Å². The third-order valence-electron chi connectivity index (χ3n) is 3.21. The predicted octanol–water partition coefficient (Wildman–Crippen LogP) is 1.65. The maximum atomic E-state index is 5.65. The first-order valence-corrected chi connectivity index (χ1v) is 5.98. The molecule has 1 heterocycles. The predicted molar refractivity (Wildman–Crippen MR) is 66.4 cm³/mol. The topological polar surface area (TPSA) is 53.1 Å². The van der Waals surface area contributed by atoms with E-state index in [0.29, 0.717) is 17.1 Å². The van der Waals surface area contributed by atoms with Crippen LogP contribution in [0.4, 0.5) is 0 Å². The molecule has 5 heteroatoms. The van der Waals surface area contributed by atoms with Crippen molar-refractivity contribution in [2.24, 2.45) is 5.73 Å². The van der Waals surface area contributed by atoms with Gasteiger partial charge in [-0.2, -0.15) is 0 Å². The minimum Gasteiger partial charge on any atom is -0.387 e. The fourth-order valence-corrected chi connectivity index (χ4v) is 2.54. The van der Waals surface area contributed by atoms with Crippen LogP contribution in [0.15, 0.2) is 12.4 Å². The van der Waals surface area contributed by atoms with Crippen LogP contribution < -0.4 is 5.73 Å². The van der Waals surface area contributed by atoms with Gasteiger partial charge in [0.1, 0.15) is 4.99 Å². The third kappa shape index (κ3) is 2.25. The van der Waals surface area contributed by atoms with E-state index in [4.69, 9.17) is 22.7 Å². The van der Waals surface area contributed by atoms with Crippen molar-refractivity contribution in [1.29, 1.82) is 0 Å². The number of imidazole rings is 1. The normalized spacial score (nSPS) is 25.6. The van der Waals surface area contributed by atoms with Crippen molar-refractivity contribution in [2.75, 3.05) is 7.11 Å². The lowest BCUT2D eigenvalue weighted by Crippen LogP contribution is -2.27. The molecule has 2 atom stereocenters. The minimum absolute atomic E-state index is 0.348. The molecule has 2 rings (SSSR count). The molecule has 2 N–H and O–H groups in total. The second kappa shape index (κ2) is 4.93. The molecule has 2 unspecified atom stereocenters. The van der Waals surface area contributed by atoms with Gasteiger partial charge in [0, 0.05) is 25.5 Å². The minimum atomic E-state index is 0.348. The highest BCUT2D eigenvalue weighted by Gasteiger charge is 2.24. The highest BCUT2D eigenvalue weighted by atomic mass is 32.1. The molecule has 1 fully saturated rings. The summed E-state index contributed by atoms with van der Waals surface area (Å²) in [5.41, 5.74) is 5.65. The van der Waals surface area contributed by atoms with Crippen molar-refractivity contribution in [3.63, 3.8) is 0 Å². The van der Waals surface area contributed by atoms with Gasteiger partial charge in [-0.1, -0.05) is 12.2 Å². The number of nitrogens with zero attached hydrogens (tertiary/aromatic N) is 2. The monoisotopic (exact) mass is 239 g/mol. The Morgan fingerprint density at radius 2 is 2.44 bits per heavy atom. The Hall–Kier alpha value is -0.940. The molecule has 0 amide bonds. The Labute approximate surface area is 101 Å². The summed E-state index contributed by atoms with van der Waals surface area (Å²) in [6.07, 6.45) is 8.54. The van der Waals surface area contributed by atoms with Crippen molar-refractivity contribution in [3.8, 4) is 0 Å². The van der Waals surface area contributed by atoms with Gasteiger partial charge >= 0.3 is 0 Å². The molecule has 1 aliphatic carbocycles. The van der Waals surface area contributed by atoms with E-state index in [-0.39, 0.29) is 0 Å². The van der Waals surface area contributed by atoms with E-state index in [1.165, 1.54) is 6.42 Å². The largest absolute Gasteiger partial charge is 0.387 e. The SMILES string of the molecule is COC1CCCC(n2ccnc2C(N)=S)C1. The van der Waals surface area contributed by atoms with Crippen LogP contribution >= 0.6 is 12.2 Å². The number of methoxy groups -OCH3 is 1. The van der Waals surface area contributed by atoms with Gasteiger partial charge in [0.15, 0.2) is 5.82 Å². The Bertz CT molecular complexity index is 377. The summed E-state index contributed by atoms with van der Waals surface area (Å²) in [5.74, 6) is 0.719. The van der Waals surface area contributed by atoms with E-state index in [1.54, 1.807) is 13.3 Å². The molecule has 0 aromatic carbocycles. The average molecular weight is 239 g/mol. The first-order chi connectivity index (χ1) is 7.72. The molecule has 4 nitrogen and oxygen atoms in total. The van der Waals surface area contributed by atoms with Crippen LogP contribution in [0, 0.1) is 0 Å². The van der Waals surface area contributed by atoms with Gasteiger partial charge in [0.05, 0.1) is 6.10 Å². The zero-order chi connectivity index (χ0) is 11.5. The summed E-state index contributed by atoms with van der Waals surface area (Å²) in [6.45, 7) is 0. The van der Waals surface area contributed by atoms with Crippen LogP contribution in [-0.4, -0.2) is 27.8 Å². The van der Waals surface area contributed by atoms with Crippen LogP contribution in [0.2, 0.25) is 0 Å². The highest BCUT2D eigenvalue weighted by molar-refractivity contribution is 7.80. The number of nitrogens with two attached hydrogens (primary N) is 1. The fourth-order valence-electron chi connectivity index (χ4n) is 2.39. The molecular formula is C11H17N3OS. The second-order valence-electron chi connectivity index (χ2n) is 4.20. The third-order valence-corrected chi connectivity index (χ3v) is 3.40. The summed E-state index contributed by atoms with van der Waals surface area (Å²) in [7, 11) is 1.77. The first-order valence-electron chi connectivity index (χ1n) is 5.57. The number of hydrogen-bond donors (Lipinski definition) is 1. The van der Waals surface area contributed by atoms with E-state index in [9.17, 15) is 0 Å². The summed E-state index contributed by atoms with van der Waals surface area (Å²) in [5, 5.41) is 0. The van der Waals surface area contributed by atoms with Crippen molar-refractivity contribution in [2.45, 2.75) is 37.8 Å². The molecule has 1 aromatic heterocycles. The van der Waals surface area contributed by atoms with Gasteiger partial charge in [-0.15, -0.1) is 0 Å². The molecule has 0 radical (unpaired) electrons. The van der Waals surface area contributed by atoms with E-state index in [0.717, 1.165) is 25.1 Å². The van der Waals surface area contributed by atoms with Gasteiger partial charge in [0.25, 0.3) is 0 Å². The smallest absolute Gasteiger partial charge is 0.167 e. The van der Waals surface area contributed by atoms with Crippen molar-refractivity contribution in [1.82, 2.24) is 9.55 Å². The summed E-state index contributed by atoms with van der Waals surface area (Å²) in [6, 6.07) is 0.415. The number of rotatable bonds is 3. The number of ether oxygens (including phenoxy) is 1. The average Bonchev–Trinajstić information content (AvgIpc) is 2.78. The maximum absolute atomic E-state index is 5.65. The summed E-state index contributed by atoms with van der Waals surface area (Å²) < 4.78 is 7.51. The maximum Gasteiger partial charge on any atom is 0.167 e. The summed E-state index contributed by atoms with van der Waals surface area (Å²) in [4.78, 5) is 4.56. The van der Waals surface area contributed by atoms with Crippen molar-refractivity contribution < 1.29 is 4.74 Å². The molecule has 1 aliphatic rings. The van der Waals surface area contributed by atoms with Crippen LogP contribution in [0.1, 0.15) is 37.5 Å². The molecule has 1 saturated carbocycles. The van der Waals surface area contributed by atoms with E-state index in [1.807, 2.05) is 6.20 Å². The Kier molecular flexibility index (Phi) is 3.56. The zero-order valence-electron chi connectivity index (χ0n) is 9.43. The Morgan fingerprint density at radius 3 is 3.12 bits per heavy atom. The molecule has 0 spiro atoms. The van der Waals surface area contributed by atoms with Crippen LogP contribution in [0.25, 0.3) is 0 Å². The van der Waals surface area contributed by atoms with Gasteiger partial charge in [0.2, 0.25) is 0 Å². The molecule has 88 valence electrons. The molecule has 0 bridgehead atoms. The Balaban J connectivity index is 2.16. The van der Waals surface area contributed by atoms with Crippen LogP contribution in [0.5, 0.6) is 0 Å². The number of aromatic nitrogens is 2. The zero-order valence-corrected chi connectivity index (χ0v) is 10.2. The molecule has 16 heavy (non-hydrogen) atoms. The lowest BCUT2D eigenvalue weighted by Gasteiger charge is -2.29. The van der Waals surface area contributed by atoms with Gasteiger partial charge in [-0.05, 0) is 25.7 Å². The number of hydrogen-bond acceptors (Lipinski definition) is 3. The van der Waals surface area contributed by atoms with Crippen LogP contribution in [0.3, 0.4) is 0 Å². The first kappa shape index (κ1) is 11.5. The number of thiocarbonyl (C=S) groups is 1. The Morgan fingerprint density at radius 1 is 1.62 bits per heavy atom. The molecule has 0 aliphatic heterocycles. The lowest BCUT2D eigenvalue weighted by atomic mass is 9.92.